The Morgan fingerprint density at radius 1 is 1.24 bits per heavy atom. The third-order valence-corrected chi connectivity index (χ3v) is 5.98. The van der Waals surface area contributed by atoms with Gasteiger partial charge in [0.1, 0.15) is 18.0 Å². The number of nitrogens with one attached hydrogen (secondary N) is 1. The third kappa shape index (κ3) is 2.26. The molecule has 1 aromatic rings. The van der Waals surface area contributed by atoms with E-state index in [1.807, 2.05) is 4.90 Å². The Labute approximate surface area is 144 Å². The van der Waals surface area contributed by atoms with Crippen molar-refractivity contribution in [2.75, 3.05) is 32.8 Å². The second kappa shape index (κ2) is 4.83. The molecule has 3 aliphatic heterocycles. The Kier molecular flexibility index (Phi) is 2.88. The van der Waals surface area contributed by atoms with Gasteiger partial charge in [0.05, 0.1) is 19.3 Å². The van der Waals surface area contributed by atoms with Crippen molar-refractivity contribution in [3.05, 3.63) is 29.8 Å². The lowest BCUT2D eigenvalue weighted by atomic mass is 9.56. The molecule has 4 heterocycles. The van der Waals surface area contributed by atoms with Gasteiger partial charge >= 0.3 is 12.1 Å². The van der Waals surface area contributed by atoms with Crippen LogP contribution in [0.15, 0.2) is 18.5 Å². The van der Waals surface area contributed by atoms with E-state index in [0.717, 1.165) is 31.5 Å². The first kappa shape index (κ1) is 14.9. The molecule has 0 radical (unpaired) electrons. The Hall–Kier alpha value is -2.38. The van der Waals surface area contributed by atoms with Gasteiger partial charge in [-0.1, -0.05) is 0 Å². The van der Waals surface area contributed by atoms with E-state index in [2.05, 4.69) is 10.3 Å². The molecule has 4 fully saturated rings. The summed E-state index contributed by atoms with van der Waals surface area (Å²) in [5.74, 6) is 0.0529. The molecule has 1 aliphatic carbocycles. The van der Waals surface area contributed by atoms with Gasteiger partial charge in [0.25, 0.3) is 0 Å². The standard InChI is InChI=1S/C17H19FN4O3/c18-13-1-11(4-19-5-13)12-2-16(3-12)6-21(7-16)15(24)22-8-17(9-22)10-25-14(23)20-17/h1,4-5,12H,2-3,6-10H2,(H,20,23). The monoisotopic (exact) mass is 346 g/mol. The van der Waals surface area contributed by atoms with Gasteiger partial charge in [0, 0.05) is 24.7 Å². The van der Waals surface area contributed by atoms with Gasteiger partial charge in [-0.25, -0.2) is 14.0 Å². The van der Waals surface area contributed by atoms with Crippen molar-refractivity contribution in [1.29, 1.82) is 0 Å². The molecular weight excluding hydrogens is 327 g/mol. The van der Waals surface area contributed by atoms with Crippen LogP contribution >= 0.6 is 0 Å². The SMILES string of the molecule is O=C1NC2(CO1)CN(C(=O)N1CC3(CC(c4cncc(F)c4)C3)C1)C2. The van der Waals surface area contributed by atoms with Crippen LogP contribution in [0, 0.1) is 11.2 Å². The highest BCUT2D eigenvalue weighted by Gasteiger charge is 2.57. The summed E-state index contributed by atoms with van der Waals surface area (Å²) in [4.78, 5) is 31.2. The van der Waals surface area contributed by atoms with E-state index in [-0.39, 0.29) is 22.8 Å². The number of pyridine rings is 1. The maximum absolute atomic E-state index is 13.3. The number of likely N-dealkylation sites (tertiary alicyclic amines) is 2. The van der Waals surface area contributed by atoms with Crippen LogP contribution in [0.25, 0.3) is 0 Å². The number of alkyl carbamates (subject to hydrolysis) is 1. The first-order valence-electron chi connectivity index (χ1n) is 8.55. The molecule has 1 saturated carbocycles. The molecule has 7 nitrogen and oxygen atoms in total. The molecule has 3 saturated heterocycles. The maximum atomic E-state index is 13.3. The summed E-state index contributed by atoms with van der Waals surface area (Å²) in [5, 5.41) is 2.78. The van der Waals surface area contributed by atoms with Crippen molar-refractivity contribution in [2.24, 2.45) is 5.41 Å². The van der Waals surface area contributed by atoms with E-state index < -0.39 is 6.09 Å². The van der Waals surface area contributed by atoms with E-state index in [1.165, 1.54) is 6.20 Å². The van der Waals surface area contributed by atoms with Crippen LogP contribution in [0.3, 0.4) is 0 Å². The number of amides is 3. The van der Waals surface area contributed by atoms with Crippen molar-refractivity contribution in [2.45, 2.75) is 24.3 Å². The van der Waals surface area contributed by atoms with Crippen LogP contribution in [-0.2, 0) is 4.74 Å². The average molecular weight is 346 g/mol. The van der Waals surface area contributed by atoms with Crippen LogP contribution in [0.1, 0.15) is 24.3 Å². The van der Waals surface area contributed by atoms with Crippen molar-refractivity contribution in [3.8, 4) is 0 Å². The van der Waals surface area contributed by atoms with E-state index in [1.54, 1.807) is 17.2 Å². The maximum Gasteiger partial charge on any atom is 0.407 e. The molecule has 1 aromatic heterocycles. The number of cyclic esters (lactones) is 1. The van der Waals surface area contributed by atoms with Gasteiger partial charge in [-0.3, -0.25) is 4.98 Å². The second-order valence-corrected chi connectivity index (χ2v) is 8.02. The molecule has 8 heteroatoms. The Balaban J connectivity index is 1.12. The summed E-state index contributed by atoms with van der Waals surface area (Å²) in [6, 6.07) is 1.59. The van der Waals surface area contributed by atoms with Gasteiger partial charge in [-0.2, -0.15) is 0 Å². The summed E-state index contributed by atoms with van der Waals surface area (Å²) in [6.07, 6.45) is 4.52. The third-order valence-electron chi connectivity index (χ3n) is 5.98. The second-order valence-electron chi connectivity index (χ2n) is 8.02. The first-order chi connectivity index (χ1) is 12.0. The highest BCUT2D eigenvalue weighted by Crippen LogP contribution is 2.56. The predicted octanol–water partition coefficient (Wildman–Crippen LogP) is 1.31. The molecule has 4 aliphatic rings. The highest BCUT2D eigenvalue weighted by atomic mass is 19.1. The van der Waals surface area contributed by atoms with Gasteiger partial charge < -0.3 is 19.9 Å². The largest absolute Gasteiger partial charge is 0.447 e. The summed E-state index contributed by atoms with van der Waals surface area (Å²) in [7, 11) is 0. The molecule has 0 unspecified atom stereocenters. The zero-order chi connectivity index (χ0) is 17.2. The van der Waals surface area contributed by atoms with Crippen molar-refractivity contribution >= 4 is 12.1 Å². The van der Waals surface area contributed by atoms with E-state index in [4.69, 9.17) is 4.74 Å². The fourth-order valence-corrected chi connectivity index (χ4v) is 4.71. The first-order valence-corrected chi connectivity index (χ1v) is 8.55. The number of carbonyl (C=O) groups is 2. The molecule has 132 valence electrons. The normalized spacial score (nSPS) is 25.9. The van der Waals surface area contributed by atoms with Crippen molar-refractivity contribution in [1.82, 2.24) is 20.1 Å². The Morgan fingerprint density at radius 3 is 2.60 bits per heavy atom. The molecule has 5 rings (SSSR count). The molecule has 0 aromatic carbocycles. The number of aromatic nitrogens is 1. The quantitative estimate of drug-likeness (QED) is 0.832. The minimum Gasteiger partial charge on any atom is -0.447 e. The van der Waals surface area contributed by atoms with Crippen LogP contribution in [-0.4, -0.2) is 65.2 Å². The van der Waals surface area contributed by atoms with Crippen LogP contribution in [0.5, 0.6) is 0 Å². The number of hydrogen-bond donors (Lipinski definition) is 1. The summed E-state index contributed by atoms with van der Waals surface area (Å²) in [6.45, 7) is 2.88. The van der Waals surface area contributed by atoms with Crippen molar-refractivity contribution < 1.29 is 18.7 Å². The molecule has 0 atom stereocenters. The molecule has 1 N–H and O–H groups in total. The smallest absolute Gasteiger partial charge is 0.407 e. The minimum atomic E-state index is -0.401. The summed E-state index contributed by atoms with van der Waals surface area (Å²) in [5.41, 5.74) is 0.776. The predicted molar refractivity (Wildman–Crippen MR) is 84.4 cm³/mol. The van der Waals surface area contributed by atoms with Gasteiger partial charge in [0.15, 0.2) is 0 Å². The fourth-order valence-electron chi connectivity index (χ4n) is 4.71. The molecule has 0 bridgehead atoms. The molecule has 3 amide bonds. The highest BCUT2D eigenvalue weighted by molar-refractivity contribution is 5.79. The number of rotatable bonds is 1. The summed E-state index contributed by atoms with van der Waals surface area (Å²) < 4.78 is 18.2. The number of hydrogen-bond acceptors (Lipinski definition) is 4. The van der Waals surface area contributed by atoms with Gasteiger partial charge in [0.2, 0.25) is 0 Å². The van der Waals surface area contributed by atoms with E-state index >= 15 is 0 Å². The number of urea groups is 1. The molecule has 25 heavy (non-hydrogen) atoms. The zero-order valence-corrected chi connectivity index (χ0v) is 13.7. The average Bonchev–Trinajstić information content (AvgIpc) is 2.85. The minimum absolute atomic E-state index is 0.0354. The lowest BCUT2D eigenvalue weighted by molar-refractivity contribution is -0.0637. The number of halogens is 1. The molecule has 2 spiro atoms. The van der Waals surface area contributed by atoms with Crippen molar-refractivity contribution in [3.63, 3.8) is 0 Å². The van der Waals surface area contributed by atoms with Crippen LogP contribution in [0.4, 0.5) is 14.0 Å². The lowest BCUT2D eigenvalue weighted by Gasteiger charge is -2.60. The van der Waals surface area contributed by atoms with Crippen LogP contribution in [0.2, 0.25) is 0 Å². The van der Waals surface area contributed by atoms with Gasteiger partial charge in [-0.15, -0.1) is 0 Å². The number of nitrogens with zero attached hydrogens (tertiary/aromatic N) is 3. The topological polar surface area (TPSA) is 74.8 Å². The van der Waals surface area contributed by atoms with E-state index in [0.29, 0.717) is 25.6 Å². The Morgan fingerprint density at radius 2 is 1.96 bits per heavy atom. The summed E-state index contributed by atoms with van der Waals surface area (Å²) >= 11 is 0. The van der Waals surface area contributed by atoms with Crippen LogP contribution < -0.4 is 5.32 Å². The molecular formula is C17H19FN4O3. The number of ether oxygens (including phenoxy) is 1. The van der Waals surface area contributed by atoms with E-state index in [9.17, 15) is 14.0 Å². The zero-order valence-electron chi connectivity index (χ0n) is 13.7. The number of carbonyl (C=O) groups excluding carboxylic acids is 2. The Bertz CT molecular complexity index is 750. The fraction of sp³-hybridized carbons (Fsp3) is 0.588. The lowest BCUT2D eigenvalue weighted by Crippen LogP contribution is -2.74. The van der Waals surface area contributed by atoms with Gasteiger partial charge in [-0.05, 0) is 30.4 Å².